The highest BCUT2D eigenvalue weighted by molar-refractivity contribution is 5.94. The molecule has 0 spiro atoms. The molecule has 1 fully saturated rings. The molecule has 3 aromatic carbocycles. The van der Waals surface area contributed by atoms with E-state index in [-0.39, 0.29) is 17.8 Å². The summed E-state index contributed by atoms with van der Waals surface area (Å²) >= 11 is 0. The fourth-order valence-electron chi connectivity index (χ4n) is 5.72. The molecule has 0 unspecified atom stereocenters. The zero-order chi connectivity index (χ0) is 26.9. The van der Waals surface area contributed by atoms with E-state index in [1.807, 2.05) is 60.8 Å². The predicted molar refractivity (Wildman–Crippen MR) is 150 cm³/mol. The Morgan fingerprint density at radius 3 is 2.21 bits per heavy atom. The Labute approximate surface area is 223 Å². The van der Waals surface area contributed by atoms with Crippen molar-refractivity contribution in [2.45, 2.75) is 64.0 Å². The summed E-state index contributed by atoms with van der Waals surface area (Å²) in [6.07, 6.45) is 5.89. The lowest BCUT2D eigenvalue weighted by Gasteiger charge is -2.33. The highest BCUT2D eigenvalue weighted by Gasteiger charge is 2.28. The van der Waals surface area contributed by atoms with Gasteiger partial charge in [0, 0.05) is 23.2 Å². The van der Waals surface area contributed by atoms with Gasteiger partial charge in [0.15, 0.2) is 0 Å². The molecule has 1 amide bonds. The average molecular weight is 511 g/mol. The van der Waals surface area contributed by atoms with Gasteiger partial charge in [0.05, 0.1) is 11.1 Å². The van der Waals surface area contributed by atoms with Gasteiger partial charge in [-0.15, -0.1) is 0 Å². The maximum Gasteiger partial charge on any atom is 0.251 e. The van der Waals surface area contributed by atoms with Gasteiger partial charge in [-0.05, 0) is 117 Å². The standard InChI is InChI=1S/C33H35FN2O2/c1-21(22-4-8-25(9-5-22)29-18-19-35-31-17-16-28(34)20-30(29)31)36-32(37)26-10-6-23(7-11-26)24-12-14-27(15-13-24)33(2,3)38/h6-7,10-22,25,38H,4-5,8-9H2,1-3H3,(H,36,37)/t21-,22-,25-/m1/s1. The highest BCUT2D eigenvalue weighted by atomic mass is 19.1. The molecule has 0 saturated heterocycles. The minimum absolute atomic E-state index is 0.0563. The number of carbonyl (C=O) groups excluding carboxylic acids is 1. The number of hydrogen-bond donors (Lipinski definition) is 2. The van der Waals surface area contributed by atoms with Crippen molar-refractivity contribution in [1.29, 1.82) is 0 Å². The Balaban J connectivity index is 1.18. The van der Waals surface area contributed by atoms with Crippen LogP contribution in [-0.4, -0.2) is 22.0 Å². The number of rotatable bonds is 6. The molecule has 196 valence electrons. The SMILES string of the molecule is C[C@@H](NC(=O)c1ccc(-c2ccc(C(C)(C)O)cc2)cc1)[C@H]1CC[C@H](c2ccnc3ccc(F)cc32)CC1. The molecular weight excluding hydrogens is 475 g/mol. The molecule has 5 heteroatoms. The maximum absolute atomic E-state index is 13.9. The number of pyridine rings is 1. The van der Waals surface area contributed by atoms with E-state index in [4.69, 9.17) is 0 Å². The second-order valence-corrected chi connectivity index (χ2v) is 11.1. The van der Waals surface area contributed by atoms with Crippen LogP contribution in [0.5, 0.6) is 0 Å². The lowest BCUT2D eigenvalue weighted by atomic mass is 9.75. The van der Waals surface area contributed by atoms with Crippen LogP contribution in [0.15, 0.2) is 79.0 Å². The fraction of sp³-hybridized carbons (Fsp3) is 0.333. The Morgan fingerprint density at radius 2 is 1.58 bits per heavy atom. The third-order valence-electron chi connectivity index (χ3n) is 8.09. The third-order valence-corrected chi connectivity index (χ3v) is 8.09. The normalized spacial score (nSPS) is 18.8. The van der Waals surface area contributed by atoms with Crippen LogP contribution in [0.2, 0.25) is 0 Å². The van der Waals surface area contributed by atoms with E-state index >= 15 is 0 Å². The molecule has 1 aliphatic rings. The molecule has 0 bridgehead atoms. The zero-order valence-corrected chi connectivity index (χ0v) is 22.2. The van der Waals surface area contributed by atoms with Gasteiger partial charge in [0.1, 0.15) is 5.82 Å². The van der Waals surface area contributed by atoms with Gasteiger partial charge in [-0.1, -0.05) is 36.4 Å². The molecule has 1 saturated carbocycles. The largest absolute Gasteiger partial charge is 0.386 e. The molecule has 1 aliphatic carbocycles. The molecule has 2 N–H and O–H groups in total. The van der Waals surface area contributed by atoms with Gasteiger partial charge in [-0.2, -0.15) is 0 Å². The first-order valence-corrected chi connectivity index (χ1v) is 13.5. The summed E-state index contributed by atoms with van der Waals surface area (Å²) in [5.41, 5.74) is 4.72. The highest BCUT2D eigenvalue weighted by Crippen LogP contribution is 2.39. The summed E-state index contributed by atoms with van der Waals surface area (Å²) in [6.45, 7) is 5.64. The number of aromatic nitrogens is 1. The number of nitrogens with zero attached hydrogens (tertiary/aromatic N) is 1. The summed E-state index contributed by atoms with van der Waals surface area (Å²) in [7, 11) is 0. The Kier molecular flexibility index (Phi) is 7.31. The molecule has 4 nitrogen and oxygen atoms in total. The minimum Gasteiger partial charge on any atom is -0.386 e. The van der Waals surface area contributed by atoms with E-state index < -0.39 is 5.60 Å². The van der Waals surface area contributed by atoms with Crippen LogP contribution in [0.25, 0.3) is 22.0 Å². The lowest BCUT2D eigenvalue weighted by molar-refractivity contribution is 0.0786. The summed E-state index contributed by atoms with van der Waals surface area (Å²) < 4.78 is 13.9. The van der Waals surface area contributed by atoms with Crippen molar-refractivity contribution < 1.29 is 14.3 Å². The summed E-state index contributed by atoms with van der Waals surface area (Å²) in [5.74, 6) is 0.507. The zero-order valence-electron chi connectivity index (χ0n) is 22.2. The Hall–Kier alpha value is -3.57. The number of fused-ring (bicyclic) bond motifs is 1. The molecule has 0 aliphatic heterocycles. The third kappa shape index (κ3) is 5.63. The number of aliphatic hydroxyl groups is 1. The van der Waals surface area contributed by atoms with Crippen LogP contribution in [0.4, 0.5) is 4.39 Å². The van der Waals surface area contributed by atoms with Crippen molar-refractivity contribution >= 4 is 16.8 Å². The van der Waals surface area contributed by atoms with Crippen LogP contribution in [0.1, 0.15) is 73.9 Å². The number of amides is 1. The minimum atomic E-state index is -0.872. The number of halogens is 1. The molecule has 1 heterocycles. The monoisotopic (exact) mass is 510 g/mol. The van der Waals surface area contributed by atoms with E-state index in [0.717, 1.165) is 53.3 Å². The second kappa shape index (κ2) is 10.7. The summed E-state index contributed by atoms with van der Waals surface area (Å²) in [5, 5.41) is 14.3. The van der Waals surface area contributed by atoms with Crippen molar-refractivity contribution in [3.63, 3.8) is 0 Å². The first-order chi connectivity index (χ1) is 18.2. The van der Waals surface area contributed by atoms with E-state index in [9.17, 15) is 14.3 Å². The fourth-order valence-corrected chi connectivity index (χ4v) is 5.72. The van der Waals surface area contributed by atoms with Gasteiger partial charge in [-0.25, -0.2) is 4.39 Å². The van der Waals surface area contributed by atoms with Gasteiger partial charge >= 0.3 is 0 Å². The summed E-state index contributed by atoms with van der Waals surface area (Å²) in [6, 6.07) is 22.4. The molecule has 0 radical (unpaired) electrons. The van der Waals surface area contributed by atoms with E-state index in [0.29, 0.717) is 17.4 Å². The first-order valence-electron chi connectivity index (χ1n) is 13.5. The lowest BCUT2D eigenvalue weighted by Crippen LogP contribution is -2.39. The van der Waals surface area contributed by atoms with E-state index in [1.54, 1.807) is 26.0 Å². The Bertz CT molecular complexity index is 1420. The van der Waals surface area contributed by atoms with Crippen LogP contribution in [0.3, 0.4) is 0 Å². The number of benzene rings is 3. The van der Waals surface area contributed by atoms with Crippen LogP contribution in [-0.2, 0) is 5.60 Å². The molecular formula is C33H35FN2O2. The first kappa shape index (κ1) is 26.1. The quantitative estimate of drug-likeness (QED) is 0.285. The van der Waals surface area contributed by atoms with Gasteiger partial charge in [0.25, 0.3) is 5.91 Å². The van der Waals surface area contributed by atoms with Crippen molar-refractivity contribution in [1.82, 2.24) is 10.3 Å². The predicted octanol–water partition coefficient (Wildman–Crippen LogP) is 7.36. The van der Waals surface area contributed by atoms with E-state index in [2.05, 4.69) is 17.2 Å². The molecule has 38 heavy (non-hydrogen) atoms. The van der Waals surface area contributed by atoms with Gasteiger partial charge in [-0.3, -0.25) is 9.78 Å². The topological polar surface area (TPSA) is 62.2 Å². The number of hydrogen-bond acceptors (Lipinski definition) is 3. The number of carbonyl (C=O) groups is 1. The Morgan fingerprint density at radius 1 is 0.947 bits per heavy atom. The van der Waals surface area contributed by atoms with Crippen molar-refractivity contribution in [2.24, 2.45) is 5.92 Å². The second-order valence-electron chi connectivity index (χ2n) is 11.1. The number of nitrogens with one attached hydrogen (secondary N) is 1. The van der Waals surface area contributed by atoms with Gasteiger partial charge < -0.3 is 10.4 Å². The van der Waals surface area contributed by atoms with Crippen molar-refractivity contribution in [3.8, 4) is 11.1 Å². The van der Waals surface area contributed by atoms with Crippen LogP contribution < -0.4 is 5.32 Å². The maximum atomic E-state index is 13.9. The summed E-state index contributed by atoms with van der Waals surface area (Å²) in [4.78, 5) is 17.4. The molecule has 4 aromatic rings. The van der Waals surface area contributed by atoms with Crippen molar-refractivity contribution in [3.05, 3.63) is 102 Å². The average Bonchev–Trinajstić information content (AvgIpc) is 2.92. The van der Waals surface area contributed by atoms with Gasteiger partial charge in [0.2, 0.25) is 0 Å². The molecule has 1 aromatic heterocycles. The smallest absolute Gasteiger partial charge is 0.251 e. The molecule has 5 rings (SSSR count). The van der Waals surface area contributed by atoms with E-state index in [1.165, 1.54) is 11.6 Å². The van der Waals surface area contributed by atoms with Crippen LogP contribution >= 0.6 is 0 Å². The van der Waals surface area contributed by atoms with Crippen LogP contribution in [0, 0.1) is 11.7 Å². The molecule has 1 atom stereocenters. The van der Waals surface area contributed by atoms with Crippen molar-refractivity contribution in [2.75, 3.05) is 0 Å².